The first-order valence-electron chi connectivity index (χ1n) is 7.44. The molecule has 118 valence electrons. The molecular weight excluding hydrogens is 256 g/mol. The highest BCUT2D eigenvalue weighted by atomic mass is 16.5. The van der Waals surface area contributed by atoms with Gasteiger partial charge in [-0.3, -0.25) is 9.69 Å². The first kappa shape index (κ1) is 17.4. The van der Waals surface area contributed by atoms with Crippen LogP contribution in [0.3, 0.4) is 0 Å². The van der Waals surface area contributed by atoms with Crippen molar-refractivity contribution in [3.63, 3.8) is 0 Å². The van der Waals surface area contributed by atoms with E-state index in [2.05, 4.69) is 32.6 Å². The molecule has 5 nitrogen and oxygen atoms in total. The second-order valence-corrected chi connectivity index (χ2v) is 7.25. The number of carboxylic acid groups (broad SMARTS) is 1. The van der Waals surface area contributed by atoms with Crippen LogP contribution < -0.4 is 5.73 Å². The van der Waals surface area contributed by atoms with E-state index < -0.39 is 11.5 Å². The van der Waals surface area contributed by atoms with Gasteiger partial charge in [0.2, 0.25) is 0 Å². The minimum Gasteiger partial charge on any atom is -0.480 e. The summed E-state index contributed by atoms with van der Waals surface area (Å²) in [5.41, 5.74) is 4.50. The molecule has 3 N–H and O–H groups in total. The van der Waals surface area contributed by atoms with Gasteiger partial charge in [0.25, 0.3) is 0 Å². The lowest BCUT2D eigenvalue weighted by Gasteiger charge is -2.47. The molecule has 1 rings (SSSR count). The molecule has 0 aromatic heterocycles. The summed E-state index contributed by atoms with van der Waals surface area (Å²) < 4.78 is 6.04. The van der Waals surface area contributed by atoms with Gasteiger partial charge >= 0.3 is 5.97 Å². The van der Waals surface area contributed by atoms with Crippen LogP contribution in [0.25, 0.3) is 0 Å². The zero-order chi connectivity index (χ0) is 15.6. The molecule has 1 aliphatic heterocycles. The van der Waals surface area contributed by atoms with E-state index in [4.69, 9.17) is 10.5 Å². The molecule has 5 heteroatoms. The van der Waals surface area contributed by atoms with Crippen molar-refractivity contribution in [2.75, 3.05) is 19.6 Å². The maximum absolute atomic E-state index is 11.2. The summed E-state index contributed by atoms with van der Waals surface area (Å²) in [6, 6.07) is 0. The molecular formula is C15H30N2O3. The molecule has 1 aliphatic rings. The Morgan fingerprint density at radius 1 is 1.30 bits per heavy atom. The molecule has 1 atom stereocenters. The maximum Gasteiger partial charge on any atom is 0.323 e. The predicted octanol–water partition coefficient (Wildman–Crippen LogP) is 1.85. The van der Waals surface area contributed by atoms with E-state index in [1.165, 1.54) is 0 Å². The number of carbonyl (C=O) groups is 1. The molecule has 1 heterocycles. The van der Waals surface area contributed by atoms with Gasteiger partial charge in [0.15, 0.2) is 0 Å². The van der Waals surface area contributed by atoms with Gasteiger partial charge < -0.3 is 15.6 Å². The lowest BCUT2D eigenvalue weighted by molar-refractivity contribution is -0.180. The van der Waals surface area contributed by atoms with Gasteiger partial charge in [0.05, 0.1) is 11.2 Å². The predicted molar refractivity (Wildman–Crippen MR) is 79.8 cm³/mol. The third-order valence-corrected chi connectivity index (χ3v) is 3.92. The van der Waals surface area contributed by atoms with Crippen molar-refractivity contribution in [3.05, 3.63) is 0 Å². The fourth-order valence-corrected chi connectivity index (χ4v) is 3.16. The first-order chi connectivity index (χ1) is 9.00. The van der Waals surface area contributed by atoms with Crippen LogP contribution in [0.4, 0.5) is 0 Å². The van der Waals surface area contributed by atoms with Crippen molar-refractivity contribution in [1.29, 1.82) is 0 Å². The van der Waals surface area contributed by atoms with E-state index in [9.17, 15) is 9.90 Å². The summed E-state index contributed by atoms with van der Waals surface area (Å²) in [5, 5.41) is 9.18. The van der Waals surface area contributed by atoms with Crippen LogP contribution in [0.5, 0.6) is 0 Å². The standard InChI is InChI=1S/C15H30N2O3/c1-6-15(16,12(18)19)8-7-9-17-10-13(2,3)20-14(4,5)11-17/h6-11,16H2,1-5H3,(H,18,19). The third-order valence-electron chi connectivity index (χ3n) is 3.92. The van der Waals surface area contributed by atoms with Crippen LogP contribution in [0.15, 0.2) is 0 Å². The van der Waals surface area contributed by atoms with Crippen molar-refractivity contribution in [3.8, 4) is 0 Å². The molecule has 0 spiro atoms. The van der Waals surface area contributed by atoms with Gasteiger partial charge in [-0.15, -0.1) is 0 Å². The van der Waals surface area contributed by atoms with Crippen LogP contribution >= 0.6 is 0 Å². The third kappa shape index (κ3) is 4.72. The molecule has 20 heavy (non-hydrogen) atoms. The minimum atomic E-state index is -1.09. The van der Waals surface area contributed by atoms with Gasteiger partial charge in [0.1, 0.15) is 5.54 Å². The Morgan fingerprint density at radius 3 is 2.20 bits per heavy atom. The summed E-state index contributed by atoms with van der Waals surface area (Å²) >= 11 is 0. The number of hydrogen-bond acceptors (Lipinski definition) is 4. The number of nitrogens with zero attached hydrogens (tertiary/aromatic N) is 1. The smallest absolute Gasteiger partial charge is 0.323 e. The fraction of sp³-hybridized carbons (Fsp3) is 0.933. The highest BCUT2D eigenvalue weighted by Gasteiger charge is 2.38. The zero-order valence-corrected chi connectivity index (χ0v) is 13.5. The second-order valence-electron chi connectivity index (χ2n) is 7.25. The number of ether oxygens (including phenoxy) is 1. The highest BCUT2D eigenvalue weighted by molar-refractivity contribution is 5.78. The Morgan fingerprint density at radius 2 is 1.80 bits per heavy atom. The largest absolute Gasteiger partial charge is 0.480 e. The van der Waals surface area contributed by atoms with E-state index in [0.717, 1.165) is 26.1 Å². The summed E-state index contributed by atoms with van der Waals surface area (Å²) in [6.45, 7) is 12.8. The molecule has 1 unspecified atom stereocenters. The number of nitrogens with two attached hydrogens (primary N) is 1. The lowest BCUT2D eigenvalue weighted by Crippen LogP contribution is -2.57. The molecule has 1 saturated heterocycles. The van der Waals surface area contributed by atoms with Gasteiger partial charge in [0, 0.05) is 13.1 Å². The topological polar surface area (TPSA) is 75.8 Å². The Bertz CT molecular complexity index is 339. The van der Waals surface area contributed by atoms with E-state index in [-0.39, 0.29) is 11.2 Å². The van der Waals surface area contributed by atoms with Crippen molar-refractivity contribution in [2.24, 2.45) is 5.73 Å². The molecule has 0 radical (unpaired) electrons. The van der Waals surface area contributed by atoms with E-state index >= 15 is 0 Å². The molecule has 0 saturated carbocycles. The monoisotopic (exact) mass is 286 g/mol. The highest BCUT2D eigenvalue weighted by Crippen LogP contribution is 2.28. The van der Waals surface area contributed by atoms with Crippen LogP contribution in [0.2, 0.25) is 0 Å². The molecule has 0 bridgehead atoms. The summed E-state index contributed by atoms with van der Waals surface area (Å²) in [6.07, 6.45) is 1.77. The number of hydrogen-bond donors (Lipinski definition) is 2. The Balaban J connectivity index is 2.51. The summed E-state index contributed by atoms with van der Waals surface area (Å²) in [4.78, 5) is 13.5. The fourth-order valence-electron chi connectivity index (χ4n) is 3.16. The Kier molecular flexibility index (Phi) is 5.22. The Hall–Kier alpha value is -0.650. The van der Waals surface area contributed by atoms with Gasteiger partial charge in [-0.1, -0.05) is 6.92 Å². The van der Waals surface area contributed by atoms with Gasteiger partial charge in [-0.25, -0.2) is 0 Å². The quantitative estimate of drug-likeness (QED) is 0.779. The van der Waals surface area contributed by atoms with Crippen molar-refractivity contribution in [1.82, 2.24) is 4.90 Å². The van der Waals surface area contributed by atoms with Crippen LogP contribution in [0.1, 0.15) is 53.9 Å². The van der Waals surface area contributed by atoms with Crippen LogP contribution in [-0.2, 0) is 9.53 Å². The molecule has 0 amide bonds. The van der Waals surface area contributed by atoms with E-state index in [0.29, 0.717) is 12.8 Å². The van der Waals surface area contributed by atoms with Crippen molar-refractivity contribution in [2.45, 2.75) is 70.6 Å². The Labute approximate surface area is 122 Å². The SMILES string of the molecule is CCC(N)(CCCN1CC(C)(C)OC(C)(C)C1)C(=O)O. The van der Waals surface area contributed by atoms with Gasteiger partial charge in [-0.05, 0) is 53.5 Å². The molecule has 0 aromatic rings. The number of rotatable bonds is 6. The first-order valence-corrected chi connectivity index (χ1v) is 7.44. The van der Waals surface area contributed by atoms with E-state index in [1.807, 2.05) is 6.92 Å². The lowest BCUT2D eigenvalue weighted by atomic mass is 9.91. The van der Waals surface area contributed by atoms with Crippen molar-refractivity contribution >= 4 is 5.97 Å². The zero-order valence-electron chi connectivity index (χ0n) is 13.5. The number of morpholine rings is 1. The van der Waals surface area contributed by atoms with Gasteiger partial charge in [-0.2, -0.15) is 0 Å². The normalized spacial score (nSPS) is 25.1. The maximum atomic E-state index is 11.2. The summed E-state index contributed by atoms with van der Waals surface area (Å²) in [5.74, 6) is -0.900. The molecule has 0 aromatic carbocycles. The summed E-state index contributed by atoms with van der Waals surface area (Å²) in [7, 11) is 0. The molecule has 0 aliphatic carbocycles. The second kappa shape index (κ2) is 6.00. The van der Waals surface area contributed by atoms with Crippen LogP contribution in [0, 0.1) is 0 Å². The number of carboxylic acids is 1. The average molecular weight is 286 g/mol. The van der Waals surface area contributed by atoms with Crippen molar-refractivity contribution < 1.29 is 14.6 Å². The number of aliphatic carboxylic acids is 1. The molecule has 1 fully saturated rings. The van der Waals surface area contributed by atoms with Crippen LogP contribution in [-0.4, -0.2) is 52.4 Å². The minimum absolute atomic E-state index is 0.168. The van der Waals surface area contributed by atoms with E-state index in [1.54, 1.807) is 0 Å². The average Bonchev–Trinajstić information content (AvgIpc) is 2.24.